The van der Waals surface area contributed by atoms with Gasteiger partial charge in [0.1, 0.15) is 6.04 Å². The Labute approximate surface area is 176 Å². The molecule has 2 unspecified atom stereocenters. The van der Waals surface area contributed by atoms with Crippen LogP contribution in [-0.2, 0) is 14.3 Å². The summed E-state index contributed by atoms with van der Waals surface area (Å²) in [6, 6.07) is 7.21. The molecular formula is C20H22BrN3O5. The van der Waals surface area contributed by atoms with Crippen molar-refractivity contribution in [3.63, 3.8) is 0 Å². The molecule has 1 aromatic carbocycles. The monoisotopic (exact) mass is 463 g/mol. The number of Topliss-reactive ketones (excluding diaryl/α,β-unsaturated/α-hetero) is 1. The van der Waals surface area contributed by atoms with Gasteiger partial charge in [0.05, 0.1) is 18.4 Å². The van der Waals surface area contributed by atoms with Crippen LogP contribution in [0.2, 0.25) is 0 Å². The van der Waals surface area contributed by atoms with E-state index in [-0.39, 0.29) is 11.7 Å². The number of carbonyl (C=O) groups excluding carboxylic acids is 3. The molecule has 0 spiro atoms. The molecule has 1 fully saturated rings. The first-order valence-electron chi connectivity index (χ1n) is 9.05. The fourth-order valence-electron chi connectivity index (χ4n) is 3.37. The predicted molar refractivity (Wildman–Crippen MR) is 108 cm³/mol. The Morgan fingerprint density at radius 1 is 1.14 bits per heavy atom. The number of hydrazine groups is 1. The molecule has 1 aliphatic rings. The fourth-order valence-corrected chi connectivity index (χ4v) is 3.64. The van der Waals surface area contributed by atoms with Crippen molar-refractivity contribution in [2.24, 2.45) is 0 Å². The second-order valence-electron chi connectivity index (χ2n) is 6.83. The number of aromatic nitrogens is 1. The number of hydrogen-bond acceptors (Lipinski definition) is 7. The molecule has 2 aromatic rings. The summed E-state index contributed by atoms with van der Waals surface area (Å²) in [5.74, 6) is -1.45. The Hall–Kier alpha value is -2.49. The van der Waals surface area contributed by atoms with E-state index >= 15 is 0 Å². The van der Waals surface area contributed by atoms with Crippen molar-refractivity contribution in [1.82, 2.24) is 15.8 Å². The zero-order valence-corrected chi connectivity index (χ0v) is 17.9. The van der Waals surface area contributed by atoms with E-state index in [1.54, 1.807) is 13.8 Å². The number of ether oxygens (including phenoxy) is 2. The third-order valence-electron chi connectivity index (χ3n) is 4.91. The van der Waals surface area contributed by atoms with Crippen LogP contribution in [0.3, 0.4) is 0 Å². The normalized spacial score (nSPS) is 18.5. The van der Waals surface area contributed by atoms with Crippen molar-refractivity contribution in [2.45, 2.75) is 32.4 Å². The number of aromatic amines is 1. The molecule has 3 rings (SSSR count). The van der Waals surface area contributed by atoms with E-state index in [4.69, 9.17) is 9.47 Å². The van der Waals surface area contributed by atoms with Gasteiger partial charge >= 0.3 is 11.9 Å². The van der Waals surface area contributed by atoms with Gasteiger partial charge < -0.3 is 14.5 Å². The number of hydrogen-bond donors (Lipinski definition) is 3. The first-order chi connectivity index (χ1) is 13.8. The lowest BCUT2D eigenvalue weighted by Gasteiger charge is -2.10. The van der Waals surface area contributed by atoms with Crippen LogP contribution in [0.25, 0.3) is 0 Å². The van der Waals surface area contributed by atoms with E-state index in [0.717, 1.165) is 10.0 Å². The number of methoxy groups -OCH3 is 1. The van der Waals surface area contributed by atoms with E-state index in [9.17, 15) is 14.4 Å². The van der Waals surface area contributed by atoms with Gasteiger partial charge in [0, 0.05) is 16.2 Å². The van der Waals surface area contributed by atoms with Crippen molar-refractivity contribution >= 4 is 33.7 Å². The van der Waals surface area contributed by atoms with E-state index in [0.29, 0.717) is 23.2 Å². The van der Waals surface area contributed by atoms with Gasteiger partial charge in [-0.05, 0) is 43.5 Å². The lowest BCUT2D eigenvalue weighted by Crippen LogP contribution is -2.38. The second kappa shape index (κ2) is 8.89. The molecule has 1 aliphatic heterocycles. The first-order valence-corrected chi connectivity index (χ1v) is 9.85. The van der Waals surface area contributed by atoms with Gasteiger partial charge in [-0.15, -0.1) is 0 Å². The maximum absolute atomic E-state index is 12.5. The van der Waals surface area contributed by atoms with Crippen LogP contribution >= 0.6 is 15.9 Å². The average molecular weight is 464 g/mol. The number of esters is 2. The van der Waals surface area contributed by atoms with Crippen molar-refractivity contribution in [2.75, 3.05) is 13.7 Å². The third-order valence-corrected chi connectivity index (χ3v) is 5.44. The van der Waals surface area contributed by atoms with Gasteiger partial charge in [0.25, 0.3) is 0 Å². The molecule has 1 saturated heterocycles. The average Bonchev–Trinajstić information content (AvgIpc) is 3.31. The van der Waals surface area contributed by atoms with Crippen LogP contribution < -0.4 is 10.9 Å². The highest BCUT2D eigenvalue weighted by Crippen LogP contribution is 2.24. The molecule has 8 nitrogen and oxygen atoms in total. The smallest absolute Gasteiger partial charge is 0.339 e. The number of carbonyl (C=O) groups is 3. The van der Waals surface area contributed by atoms with Crippen molar-refractivity contribution in [1.29, 1.82) is 0 Å². The summed E-state index contributed by atoms with van der Waals surface area (Å²) in [7, 11) is 1.28. The highest BCUT2D eigenvalue weighted by atomic mass is 79.9. The van der Waals surface area contributed by atoms with E-state index in [2.05, 4.69) is 31.8 Å². The first kappa shape index (κ1) is 21.2. The minimum Gasteiger partial charge on any atom is -0.465 e. The van der Waals surface area contributed by atoms with Gasteiger partial charge in [0.15, 0.2) is 6.61 Å². The van der Waals surface area contributed by atoms with Crippen LogP contribution in [0, 0.1) is 13.8 Å². The molecular weight excluding hydrogens is 442 g/mol. The Morgan fingerprint density at radius 3 is 2.48 bits per heavy atom. The summed E-state index contributed by atoms with van der Waals surface area (Å²) in [5, 5.41) is 0. The molecule has 0 radical (unpaired) electrons. The number of aryl methyl sites for hydroxylation is 1. The predicted octanol–water partition coefficient (Wildman–Crippen LogP) is 2.51. The van der Waals surface area contributed by atoms with Crippen LogP contribution in [-0.4, -0.2) is 42.5 Å². The largest absolute Gasteiger partial charge is 0.465 e. The minimum absolute atomic E-state index is 0.0349. The van der Waals surface area contributed by atoms with Crippen molar-refractivity contribution in [3.8, 4) is 0 Å². The summed E-state index contributed by atoms with van der Waals surface area (Å²) in [4.78, 5) is 39.6. The summed E-state index contributed by atoms with van der Waals surface area (Å²) in [6.07, 6.45) is 0.502. The maximum Gasteiger partial charge on any atom is 0.339 e. The SMILES string of the molecule is COC(=O)c1c(C)[nH]c(C(=O)COC(=O)C2CC(c3ccc(Br)cc3)NN2)c1C. The summed E-state index contributed by atoms with van der Waals surface area (Å²) < 4.78 is 10.9. The van der Waals surface area contributed by atoms with Crippen molar-refractivity contribution < 1.29 is 23.9 Å². The molecule has 29 heavy (non-hydrogen) atoms. The number of halogens is 1. The van der Waals surface area contributed by atoms with Crippen LogP contribution in [0.1, 0.15) is 50.1 Å². The molecule has 0 amide bonds. The fraction of sp³-hybridized carbons (Fsp3) is 0.350. The lowest BCUT2D eigenvalue weighted by molar-refractivity contribution is -0.144. The molecule has 9 heteroatoms. The molecule has 2 heterocycles. The highest BCUT2D eigenvalue weighted by Gasteiger charge is 2.32. The van der Waals surface area contributed by atoms with E-state index < -0.39 is 30.4 Å². The van der Waals surface area contributed by atoms with Crippen LogP contribution in [0.15, 0.2) is 28.7 Å². The molecule has 2 atom stereocenters. The van der Waals surface area contributed by atoms with E-state index in [1.807, 2.05) is 24.3 Å². The van der Waals surface area contributed by atoms with Gasteiger partial charge in [-0.1, -0.05) is 28.1 Å². The third kappa shape index (κ3) is 4.58. The Kier molecular flexibility index (Phi) is 6.51. The Bertz CT molecular complexity index is 938. The summed E-state index contributed by atoms with van der Waals surface area (Å²) >= 11 is 3.40. The number of rotatable bonds is 6. The molecule has 154 valence electrons. The standard InChI is InChI=1S/C20H22BrN3O5/c1-10-17(20(27)28-3)11(2)22-18(10)16(25)9-29-19(26)15-8-14(23-24-15)12-4-6-13(21)7-5-12/h4-7,14-15,22-24H,8-9H2,1-3H3. The quantitative estimate of drug-likeness (QED) is 0.445. The van der Waals surface area contributed by atoms with Gasteiger partial charge in [-0.25, -0.2) is 15.6 Å². The number of nitrogens with one attached hydrogen (secondary N) is 3. The second-order valence-corrected chi connectivity index (χ2v) is 7.74. The van der Waals surface area contributed by atoms with Crippen LogP contribution in [0.4, 0.5) is 0 Å². The number of benzene rings is 1. The summed E-state index contributed by atoms with van der Waals surface area (Å²) in [5.41, 5.74) is 8.59. The Morgan fingerprint density at radius 2 is 1.83 bits per heavy atom. The highest BCUT2D eigenvalue weighted by molar-refractivity contribution is 9.10. The number of ketones is 1. The molecule has 3 N–H and O–H groups in total. The zero-order chi connectivity index (χ0) is 21.1. The molecule has 1 aromatic heterocycles. The maximum atomic E-state index is 12.5. The van der Waals surface area contributed by atoms with Crippen molar-refractivity contribution in [3.05, 3.63) is 56.8 Å². The van der Waals surface area contributed by atoms with Gasteiger partial charge in [-0.2, -0.15) is 0 Å². The van der Waals surface area contributed by atoms with Crippen LogP contribution in [0.5, 0.6) is 0 Å². The topological polar surface area (TPSA) is 110 Å². The number of H-pyrrole nitrogens is 1. The Balaban J connectivity index is 1.58. The van der Waals surface area contributed by atoms with Gasteiger partial charge in [0.2, 0.25) is 5.78 Å². The molecule has 0 saturated carbocycles. The lowest BCUT2D eigenvalue weighted by atomic mass is 10.0. The molecule has 0 bridgehead atoms. The van der Waals surface area contributed by atoms with E-state index in [1.165, 1.54) is 7.11 Å². The zero-order valence-electron chi connectivity index (χ0n) is 16.3. The minimum atomic E-state index is -0.562. The summed E-state index contributed by atoms with van der Waals surface area (Å²) in [6.45, 7) is 2.91. The van der Waals surface area contributed by atoms with Gasteiger partial charge in [-0.3, -0.25) is 9.59 Å². The molecule has 0 aliphatic carbocycles.